The molecule has 1 aliphatic rings. The molecule has 1 N–H and O–H groups in total. The average molecular weight is 247 g/mol. The minimum atomic E-state index is -0.938. The van der Waals surface area contributed by atoms with Gasteiger partial charge in [-0.2, -0.15) is 0 Å². The van der Waals surface area contributed by atoms with E-state index in [0.717, 1.165) is 24.3 Å². The van der Waals surface area contributed by atoms with Crippen molar-refractivity contribution in [3.05, 3.63) is 35.9 Å². The number of benzene rings is 1. The molecule has 98 valence electrons. The third-order valence-corrected chi connectivity index (χ3v) is 3.83. The van der Waals surface area contributed by atoms with Crippen LogP contribution < -0.4 is 10.0 Å². The van der Waals surface area contributed by atoms with Crippen LogP contribution in [-0.4, -0.2) is 18.6 Å². The molecule has 0 saturated heterocycles. The van der Waals surface area contributed by atoms with E-state index in [0.29, 0.717) is 6.04 Å². The molecule has 0 heterocycles. The van der Waals surface area contributed by atoms with Gasteiger partial charge in [-0.3, -0.25) is 0 Å². The summed E-state index contributed by atoms with van der Waals surface area (Å²) in [7, 11) is 0. The lowest BCUT2D eigenvalue weighted by atomic mass is 9.94. The fourth-order valence-electron chi connectivity index (χ4n) is 2.91. The predicted octanol–water partition coefficient (Wildman–Crippen LogP) is 0.154. The SMILES string of the molecule is O=C([O-])C[NH+](Cc1ccccc1)C1CCCCC1. The van der Waals surface area contributed by atoms with Crippen molar-refractivity contribution in [3.63, 3.8) is 0 Å². The smallest absolute Gasteiger partial charge is 0.118 e. The van der Waals surface area contributed by atoms with Gasteiger partial charge in [-0.25, -0.2) is 0 Å². The van der Waals surface area contributed by atoms with E-state index >= 15 is 0 Å². The summed E-state index contributed by atoms with van der Waals surface area (Å²) >= 11 is 0. The summed E-state index contributed by atoms with van der Waals surface area (Å²) in [4.78, 5) is 12.1. The van der Waals surface area contributed by atoms with Crippen molar-refractivity contribution in [1.29, 1.82) is 0 Å². The molecule has 0 amide bonds. The molecular weight excluding hydrogens is 226 g/mol. The Labute approximate surface area is 108 Å². The first-order chi connectivity index (χ1) is 8.75. The largest absolute Gasteiger partial charge is 0.544 e. The molecule has 1 saturated carbocycles. The van der Waals surface area contributed by atoms with Gasteiger partial charge in [-0.15, -0.1) is 0 Å². The topological polar surface area (TPSA) is 44.6 Å². The van der Waals surface area contributed by atoms with Crippen LogP contribution in [0.15, 0.2) is 30.3 Å². The van der Waals surface area contributed by atoms with E-state index in [-0.39, 0.29) is 6.54 Å². The predicted molar refractivity (Wildman–Crippen MR) is 67.9 cm³/mol. The fourth-order valence-corrected chi connectivity index (χ4v) is 2.91. The number of nitrogens with one attached hydrogen (secondary N) is 1. The number of hydrogen-bond donors (Lipinski definition) is 1. The van der Waals surface area contributed by atoms with E-state index in [2.05, 4.69) is 12.1 Å². The second-order valence-corrected chi connectivity index (χ2v) is 5.20. The summed E-state index contributed by atoms with van der Waals surface area (Å²) < 4.78 is 0. The van der Waals surface area contributed by atoms with Gasteiger partial charge in [0.1, 0.15) is 13.1 Å². The lowest BCUT2D eigenvalue weighted by Gasteiger charge is -2.31. The quantitative estimate of drug-likeness (QED) is 0.805. The maximum atomic E-state index is 10.9. The summed E-state index contributed by atoms with van der Waals surface area (Å²) in [6, 6.07) is 10.6. The first kappa shape index (κ1) is 13.1. The van der Waals surface area contributed by atoms with Gasteiger partial charge < -0.3 is 14.8 Å². The van der Waals surface area contributed by atoms with Crippen LogP contribution in [0.5, 0.6) is 0 Å². The maximum Gasteiger partial charge on any atom is 0.118 e. The number of quaternary nitrogens is 1. The Morgan fingerprint density at radius 1 is 1.17 bits per heavy atom. The second kappa shape index (κ2) is 6.55. The van der Waals surface area contributed by atoms with Gasteiger partial charge in [0, 0.05) is 5.56 Å². The van der Waals surface area contributed by atoms with Crippen LogP contribution in [0.2, 0.25) is 0 Å². The van der Waals surface area contributed by atoms with Gasteiger partial charge in [-0.05, 0) is 25.7 Å². The molecule has 0 aromatic heterocycles. The monoisotopic (exact) mass is 247 g/mol. The van der Waals surface area contributed by atoms with Crippen LogP contribution in [0, 0.1) is 0 Å². The van der Waals surface area contributed by atoms with Crippen LogP contribution >= 0.6 is 0 Å². The molecule has 1 atom stereocenters. The number of rotatable bonds is 5. The van der Waals surface area contributed by atoms with Crippen LogP contribution in [0.1, 0.15) is 37.7 Å². The maximum absolute atomic E-state index is 10.9. The summed E-state index contributed by atoms with van der Waals surface area (Å²) in [5.41, 5.74) is 1.21. The van der Waals surface area contributed by atoms with Crippen LogP contribution in [-0.2, 0) is 11.3 Å². The molecule has 3 heteroatoms. The fraction of sp³-hybridized carbons (Fsp3) is 0.533. The molecular formula is C15H21NO2. The van der Waals surface area contributed by atoms with Crippen molar-refractivity contribution in [2.45, 2.75) is 44.7 Å². The molecule has 1 unspecified atom stereocenters. The van der Waals surface area contributed by atoms with Crippen molar-refractivity contribution in [3.8, 4) is 0 Å². The molecule has 1 aliphatic carbocycles. The first-order valence-electron chi connectivity index (χ1n) is 6.84. The molecule has 1 aromatic carbocycles. The number of carboxylic acid groups (broad SMARTS) is 1. The minimum Gasteiger partial charge on any atom is -0.544 e. The van der Waals surface area contributed by atoms with Gasteiger partial charge in [0.25, 0.3) is 0 Å². The molecule has 2 rings (SSSR count). The molecule has 0 aliphatic heterocycles. The highest BCUT2D eigenvalue weighted by Crippen LogP contribution is 2.15. The number of carbonyl (C=O) groups excluding carboxylic acids is 1. The normalized spacial score (nSPS) is 18.4. The summed E-state index contributed by atoms with van der Waals surface area (Å²) in [6.07, 6.45) is 6.05. The third-order valence-electron chi connectivity index (χ3n) is 3.83. The van der Waals surface area contributed by atoms with Gasteiger partial charge in [0.2, 0.25) is 0 Å². The third kappa shape index (κ3) is 3.84. The zero-order valence-corrected chi connectivity index (χ0v) is 10.7. The van der Waals surface area contributed by atoms with E-state index in [1.807, 2.05) is 18.2 Å². The number of hydrogen-bond acceptors (Lipinski definition) is 2. The zero-order valence-electron chi connectivity index (χ0n) is 10.7. The zero-order chi connectivity index (χ0) is 12.8. The van der Waals surface area contributed by atoms with E-state index in [1.54, 1.807) is 0 Å². The Morgan fingerprint density at radius 2 is 1.83 bits per heavy atom. The van der Waals surface area contributed by atoms with E-state index in [1.165, 1.54) is 24.8 Å². The van der Waals surface area contributed by atoms with Gasteiger partial charge in [-0.1, -0.05) is 36.8 Å². The summed E-state index contributed by atoms with van der Waals surface area (Å²) in [5.74, 6) is -0.938. The van der Waals surface area contributed by atoms with Crippen molar-refractivity contribution in [2.75, 3.05) is 6.54 Å². The van der Waals surface area contributed by atoms with Gasteiger partial charge in [0.15, 0.2) is 0 Å². The van der Waals surface area contributed by atoms with E-state index in [9.17, 15) is 9.90 Å². The standard InChI is InChI=1S/C15H21NO2/c17-15(18)12-16(14-9-5-2-6-10-14)11-13-7-3-1-4-8-13/h1,3-4,7-8,14H,2,5-6,9-12H2,(H,17,18). The average Bonchev–Trinajstić information content (AvgIpc) is 2.40. The number of carboxylic acids is 1. The summed E-state index contributed by atoms with van der Waals surface area (Å²) in [5, 5.41) is 10.9. The molecule has 18 heavy (non-hydrogen) atoms. The van der Waals surface area contributed by atoms with Crippen LogP contribution in [0.3, 0.4) is 0 Å². The number of aliphatic carboxylic acids is 1. The van der Waals surface area contributed by atoms with Crippen molar-refractivity contribution < 1.29 is 14.8 Å². The number of carbonyl (C=O) groups is 1. The molecule has 0 bridgehead atoms. The minimum absolute atomic E-state index is 0.125. The van der Waals surface area contributed by atoms with Gasteiger partial charge >= 0.3 is 0 Å². The Morgan fingerprint density at radius 3 is 2.44 bits per heavy atom. The molecule has 3 nitrogen and oxygen atoms in total. The van der Waals surface area contributed by atoms with Crippen molar-refractivity contribution in [1.82, 2.24) is 0 Å². The molecule has 1 aromatic rings. The van der Waals surface area contributed by atoms with Crippen LogP contribution in [0.4, 0.5) is 0 Å². The van der Waals surface area contributed by atoms with Crippen molar-refractivity contribution in [2.24, 2.45) is 0 Å². The Hall–Kier alpha value is -1.35. The molecule has 0 radical (unpaired) electrons. The van der Waals surface area contributed by atoms with Crippen LogP contribution in [0.25, 0.3) is 0 Å². The highest BCUT2D eigenvalue weighted by Gasteiger charge is 2.24. The van der Waals surface area contributed by atoms with Crippen molar-refractivity contribution >= 4 is 5.97 Å². The highest BCUT2D eigenvalue weighted by molar-refractivity contribution is 5.65. The molecule has 1 fully saturated rings. The summed E-state index contributed by atoms with van der Waals surface area (Å²) in [6.45, 7) is 0.916. The van der Waals surface area contributed by atoms with E-state index in [4.69, 9.17) is 0 Å². The first-order valence-corrected chi connectivity index (χ1v) is 6.84. The lowest BCUT2D eigenvalue weighted by Crippen LogP contribution is -3.15. The Bertz CT molecular complexity index is 371. The van der Waals surface area contributed by atoms with E-state index < -0.39 is 5.97 Å². The lowest BCUT2D eigenvalue weighted by molar-refractivity contribution is -0.934. The Kier molecular flexibility index (Phi) is 4.76. The second-order valence-electron chi connectivity index (χ2n) is 5.20. The molecule has 0 spiro atoms. The highest BCUT2D eigenvalue weighted by atomic mass is 16.4. The van der Waals surface area contributed by atoms with Gasteiger partial charge in [0.05, 0.1) is 12.0 Å². The Balaban J connectivity index is 2.02.